The molecule has 3 rings (SSSR count). The van der Waals surface area contributed by atoms with Gasteiger partial charge in [0, 0.05) is 30.7 Å². The molecule has 1 N–H and O–H groups in total. The molecular weight excluding hydrogens is 270 g/mol. The second-order valence-corrected chi connectivity index (χ2v) is 5.19. The van der Waals surface area contributed by atoms with Gasteiger partial charge in [-0.2, -0.15) is 0 Å². The molecule has 1 heterocycles. The number of hydrogen-bond acceptors (Lipinski definition) is 1. The molecule has 0 radical (unpaired) electrons. The number of aryl methyl sites for hydroxylation is 2. The summed E-state index contributed by atoms with van der Waals surface area (Å²) in [7, 11) is 1.96. The molecule has 0 unspecified atom stereocenters. The van der Waals surface area contributed by atoms with Gasteiger partial charge in [0.2, 0.25) is 0 Å². The molecule has 0 fully saturated rings. The number of benzene rings is 2. The van der Waals surface area contributed by atoms with Gasteiger partial charge in [-0.25, -0.2) is 8.78 Å². The Morgan fingerprint density at radius 3 is 2.67 bits per heavy atom. The van der Waals surface area contributed by atoms with Gasteiger partial charge in [0.25, 0.3) is 0 Å². The van der Waals surface area contributed by atoms with Crippen molar-refractivity contribution in [3.63, 3.8) is 0 Å². The van der Waals surface area contributed by atoms with E-state index in [-0.39, 0.29) is 5.69 Å². The van der Waals surface area contributed by atoms with Crippen LogP contribution in [0.25, 0.3) is 10.9 Å². The van der Waals surface area contributed by atoms with Crippen LogP contribution < -0.4 is 5.32 Å². The minimum atomic E-state index is -0.571. The Hall–Kier alpha value is -2.36. The number of rotatable bonds is 3. The number of aromatic nitrogens is 1. The van der Waals surface area contributed by atoms with Crippen LogP contribution in [0.15, 0.2) is 42.6 Å². The van der Waals surface area contributed by atoms with Crippen molar-refractivity contribution in [1.29, 1.82) is 0 Å². The standard InChI is InChI=1S/C17H16F2N2/c1-11-7-8-14(18)17(16(11)19)20-9-12-10-21(2)15-6-4-3-5-13(12)15/h3-8,10,20H,9H2,1-2H3. The Morgan fingerprint density at radius 1 is 1.10 bits per heavy atom. The molecule has 0 spiro atoms. The molecule has 3 aromatic rings. The number of fused-ring (bicyclic) bond motifs is 1. The second-order valence-electron chi connectivity index (χ2n) is 5.19. The van der Waals surface area contributed by atoms with Gasteiger partial charge in [-0.1, -0.05) is 24.3 Å². The zero-order valence-corrected chi connectivity index (χ0v) is 12.0. The monoisotopic (exact) mass is 286 g/mol. The molecule has 0 saturated carbocycles. The summed E-state index contributed by atoms with van der Waals surface area (Å²) in [5, 5.41) is 3.96. The lowest BCUT2D eigenvalue weighted by atomic mass is 10.1. The Labute approximate surface area is 122 Å². The fourth-order valence-electron chi connectivity index (χ4n) is 2.57. The van der Waals surface area contributed by atoms with E-state index in [9.17, 15) is 8.78 Å². The SMILES string of the molecule is Cc1ccc(F)c(NCc2cn(C)c3ccccc23)c1F. The maximum Gasteiger partial charge on any atom is 0.152 e. The summed E-state index contributed by atoms with van der Waals surface area (Å²) in [6.07, 6.45) is 1.98. The van der Waals surface area contributed by atoms with E-state index in [2.05, 4.69) is 5.32 Å². The molecule has 2 aromatic carbocycles. The summed E-state index contributed by atoms with van der Waals surface area (Å²) in [6.45, 7) is 2.00. The third-order valence-corrected chi connectivity index (χ3v) is 3.72. The van der Waals surface area contributed by atoms with Crippen molar-refractivity contribution in [3.8, 4) is 0 Å². The lowest BCUT2D eigenvalue weighted by Crippen LogP contribution is -2.04. The van der Waals surface area contributed by atoms with E-state index in [1.807, 2.05) is 42.1 Å². The van der Waals surface area contributed by atoms with E-state index in [4.69, 9.17) is 0 Å². The van der Waals surface area contributed by atoms with Crippen molar-refractivity contribution >= 4 is 16.6 Å². The summed E-state index contributed by atoms with van der Waals surface area (Å²) in [6, 6.07) is 10.7. The average molecular weight is 286 g/mol. The van der Waals surface area contributed by atoms with Crippen LogP contribution in [0.5, 0.6) is 0 Å². The van der Waals surface area contributed by atoms with Crippen molar-refractivity contribution in [2.45, 2.75) is 13.5 Å². The van der Waals surface area contributed by atoms with Gasteiger partial charge in [-0.3, -0.25) is 0 Å². The number of hydrogen-bond donors (Lipinski definition) is 1. The zero-order valence-electron chi connectivity index (χ0n) is 12.0. The van der Waals surface area contributed by atoms with Crippen LogP contribution in [0.1, 0.15) is 11.1 Å². The van der Waals surface area contributed by atoms with Crippen molar-refractivity contribution in [1.82, 2.24) is 4.57 Å². The minimum absolute atomic E-state index is 0.0667. The van der Waals surface area contributed by atoms with Gasteiger partial charge in [0.1, 0.15) is 11.5 Å². The predicted octanol–water partition coefficient (Wildman–Crippen LogP) is 4.38. The van der Waals surface area contributed by atoms with E-state index < -0.39 is 11.6 Å². The molecule has 4 heteroatoms. The van der Waals surface area contributed by atoms with Gasteiger partial charge in [-0.15, -0.1) is 0 Å². The molecule has 0 saturated heterocycles. The lowest BCUT2D eigenvalue weighted by molar-refractivity contribution is 0.582. The molecule has 0 amide bonds. The Bertz CT molecular complexity index is 806. The maximum atomic E-state index is 14.0. The highest BCUT2D eigenvalue weighted by Gasteiger charge is 2.12. The molecule has 0 aliphatic heterocycles. The summed E-state index contributed by atoms with van der Waals surface area (Å²) in [5.41, 5.74) is 2.47. The van der Waals surface area contributed by atoms with Crippen LogP contribution in [0, 0.1) is 18.6 Å². The first-order valence-corrected chi connectivity index (χ1v) is 6.79. The Kier molecular flexibility index (Phi) is 3.37. The van der Waals surface area contributed by atoms with Crippen molar-refractivity contribution in [2.75, 3.05) is 5.32 Å². The molecular formula is C17H16F2N2. The highest BCUT2D eigenvalue weighted by molar-refractivity contribution is 5.84. The molecule has 2 nitrogen and oxygen atoms in total. The van der Waals surface area contributed by atoms with E-state index in [1.54, 1.807) is 6.92 Å². The summed E-state index contributed by atoms with van der Waals surface area (Å²) < 4.78 is 29.7. The van der Waals surface area contributed by atoms with E-state index in [1.165, 1.54) is 12.1 Å². The summed E-state index contributed by atoms with van der Waals surface area (Å²) in [4.78, 5) is 0. The number of para-hydroxylation sites is 1. The fourth-order valence-corrected chi connectivity index (χ4v) is 2.57. The minimum Gasteiger partial charge on any atom is -0.376 e. The van der Waals surface area contributed by atoms with Gasteiger partial charge < -0.3 is 9.88 Å². The van der Waals surface area contributed by atoms with Gasteiger partial charge >= 0.3 is 0 Å². The zero-order chi connectivity index (χ0) is 15.0. The first-order chi connectivity index (χ1) is 10.1. The third kappa shape index (κ3) is 2.37. The second kappa shape index (κ2) is 5.20. The van der Waals surface area contributed by atoms with Crippen LogP contribution in [-0.2, 0) is 13.6 Å². The third-order valence-electron chi connectivity index (χ3n) is 3.72. The van der Waals surface area contributed by atoms with Gasteiger partial charge in [-0.05, 0) is 30.2 Å². The lowest BCUT2D eigenvalue weighted by Gasteiger charge is -2.10. The number of anilines is 1. The highest BCUT2D eigenvalue weighted by atomic mass is 19.1. The van der Waals surface area contributed by atoms with E-state index >= 15 is 0 Å². The quantitative estimate of drug-likeness (QED) is 0.756. The summed E-state index contributed by atoms with van der Waals surface area (Å²) in [5.74, 6) is -1.10. The van der Waals surface area contributed by atoms with E-state index in [0.717, 1.165) is 16.5 Å². The van der Waals surface area contributed by atoms with Crippen molar-refractivity contribution < 1.29 is 8.78 Å². The van der Waals surface area contributed by atoms with Crippen LogP contribution in [-0.4, -0.2) is 4.57 Å². The first-order valence-electron chi connectivity index (χ1n) is 6.79. The van der Waals surface area contributed by atoms with Crippen LogP contribution in [0.3, 0.4) is 0 Å². The Balaban J connectivity index is 1.93. The summed E-state index contributed by atoms with van der Waals surface area (Å²) >= 11 is 0. The first kappa shape index (κ1) is 13.6. The smallest absolute Gasteiger partial charge is 0.152 e. The largest absolute Gasteiger partial charge is 0.376 e. The highest BCUT2D eigenvalue weighted by Crippen LogP contribution is 2.25. The van der Waals surface area contributed by atoms with Crippen LogP contribution in [0.4, 0.5) is 14.5 Å². The molecule has 108 valence electrons. The topological polar surface area (TPSA) is 17.0 Å². The average Bonchev–Trinajstić information content (AvgIpc) is 2.80. The Morgan fingerprint density at radius 2 is 1.86 bits per heavy atom. The molecule has 1 aromatic heterocycles. The van der Waals surface area contributed by atoms with Crippen molar-refractivity contribution in [3.05, 3.63) is 65.4 Å². The van der Waals surface area contributed by atoms with Crippen LogP contribution in [0.2, 0.25) is 0 Å². The van der Waals surface area contributed by atoms with Gasteiger partial charge in [0.15, 0.2) is 5.82 Å². The molecule has 21 heavy (non-hydrogen) atoms. The normalized spacial score (nSPS) is 11.0. The van der Waals surface area contributed by atoms with Crippen LogP contribution >= 0.6 is 0 Å². The molecule has 0 aliphatic rings. The van der Waals surface area contributed by atoms with Gasteiger partial charge in [0.05, 0.1) is 0 Å². The molecule has 0 bridgehead atoms. The molecule has 0 aliphatic carbocycles. The number of nitrogens with one attached hydrogen (secondary N) is 1. The van der Waals surface area contributed by atoms with E-state index in [0.29, 0.717) is 12.1 Å². The fraction of sp³-hybridized carbons (Fsp3) is 0.176. The number of halogens is 2. The predicted molar refractivity (Wildman–Crippen MR) is 81.3 cm³/mol. The van der Waals surface area contributed by atoms with Crippen molar-refractivity contribution in [2.24, 2.45) is 7.05 Å². The molecule has 0 atom stereocenters. The number of nitrogens with zero attached hydrogens (tertiary/aromatic N) is 1. The maximum absolute atomic E-state index is 14.0.